The summed E-state index contributed by atoms with van der Waals surface area (Å²) in [6, 6.07) is 0. The molecule has 288 valence electrons. The van der Waals surface area contributed by atoms with Crippen molar-refractivity contribution < 1.29 is 48.3 Å². The van der Waals surface area contributed by atoms with Crippen molar-refractivity contribution >= 4 is 23.9 Å². The van der Waals surface area contributed by atoms with Crippen molar-refractivity contribution in [2.45, 2.75) is 150 Å². The van der Waals surface area contributed by atoms with E-state index in [0.717, 1.165) is 44.9 Å². The number of aliphatic hydroxyl groups is 2. The van der Waals surface area contributed by atoms with E-state index in [4.69, 9.17) is 9.47 Å². The van der Waals surface area contributed by atoms with Crippen LogP contribution < -0.4 is 0 Å². The van der Waals surface area contributed by atoms with Gasteiger partial charge in [-0.25, -0.2) is 0 Å². The lowest BCUT2D eigenvalue weighted by Gasteiger charge is -2.62. The van der Waals surface area contributed by atoms with Gasteiger partial charge in [0.25, 0.3) is 0 Å². The van der Waals surface area contributed by atoms with Crippen LogP contribution in [0.25, 0.3) is 0 Å². The molecule has 4 rings (SSSR count). The largest absolute Gasteiger partial charge is 0.469 e. The van der Waals surface area contributed by atoms with E-state index in [1.165, 1.54) is 37.9 Å². The number of rotatable bonds is 13. The highest BCUT2D eigenvalue weighted by molar-refractivity contribution is 5.91. The van der Waals surface area contributed by atoms with E-state index < -0.39 is 47.4 Å². The molecule has 0 unspecified atom stereocenters. The highest BCUT2D eigenvalue weighted by Crippen LogP contribution is 2.72. The first-order valence-electron chi connectivity index (χ1n) is 18.9. The molecule has 10 nitrogen and oxygen atoms in total. The first kappa shape index (κ1) is 41.0. The van der Waals surface area contributed by atoms with Gasteiger partial charge in [0.05, 0.1) is 45.4 Å². The second kappa shape index (κ2) is 15.3. The maximum absolute atomic E-state index is 13.1. The fraction of sp³-hybridized carbons (Fsp3) is 0.805. The molecule has 2 fully saturated rings. The Kier molecular flexibility index (Phi) is 12.3. The minimum absolute atomic E-state index is 0.0233. The van der Waals surface area contributed by atoms with Gasteiger partial charge in [-0.2, -0.15) is 0 Å². The first-order valence-corrected chi connectivity index (χ1v) is 18.9. The summed E-state index contributed by atoms with van der Waals surface area (Å²) < 4.78 is 21.2. The first-order chi connectivity index (χ1) is 23.7. The van der Waals surface area contributed by atoms with E-state index in [1.807, 2.05) is 0 Å². The number of hydrogen-bond donors (Lipinski definition) is 2. The van der Waals surface area contributed by atoms with Crippen LogP contribution in [0.4, 0.5) is 0 Å². The Hall–Kier alpha value is -2.72. The summed E-state index contributed by atoms with van der Waals surface area (Å²) in [5.74, 6) is -1.91. The molecular weight excluding hydrogens is 652 g/mol. The maximum atomic E-state index is 13.1. The van der Waals surface area contributed by atoms with Crippen LogP contribution in [0, 0.1) is 39.4 Å². The van der Waals surface area contributed by atoms with Crippen molar-refractivity contribution in [3.63, 3.8) is 0 Å². The van der Waals surface area contributed by atoms with Gasteiger partial charge in [-0.1, -0.05) is 57.4 Å². The van der Waals surface area contributed by atoms with Gasteiger partial charge in [0, 0.05) is 10.8 Å². The molecule has 51 heavy (non-hydrogen) atoms. The maximum Gasteiger partial charge on any atom is 0.317 e. The molecule has 4 aliphatic carbocycles. The Morgan fingerprint density at radius 1 is 0.902 bits per heavy atom. The van der Waals surface area contributed by atoms with Crippen molar-refractivity contribution in [2.24, 2.45) is 39.4 Å². The molecule has 0 aromatic carbocycles. The average Bonchev–Trinajstić information content (AvgIpc) is 3.24. The van der Waals surface area contributed by atoms with E-state index >= 15 is 0 Å². The third-order valence-corrected chi connectivity index (χ3v) is 14.0. The van der Waals surface area contributed by atoms with Crippen LogP contribution >= 0.6 is 0 Å². The molecule has 0 bridgehead atoms. The van der Waals surface area contributed by atoms with Crippen LogP contribution in [-0.4, -0.2) is 72.7 Å². The number of fused-ring (bicyclic) bond motifs is 4. The Morgan fingerprint density at radius 3 is 2.18 bits per heavy atom. The third kappa shape index (κ3) is 7.97. The van der Waals surface area contributed by atoms with Gasteiger partial charge in [-0.3, -0.25) is 19.2 Å². The zero-order valence-corrected chi connectivity index (χ0v) is 32.8. The van der Waals surface area contributed by atoms with Gasteiger partial charge in [0.2, 0.25) is 0 Å². The molecular formula is C41H64O10. The number of esters is 4. The highest BCUT2D eigenvalue weighted by atomic mass is 16.6. The van der Waals surface area contributed by atoms with Crippen LogP contribution in [0.3, 0.4) is 0 Å². The molecule has 2 saturated carbocycles. The predicted octanol–water partition coefficient (Wildman–Crippen LogP) is 6.79. The van der Waals surface area contributed by atoms with Crippen LogP contribution in [-0.2, 0) is 38.1 Å². The lowest BCUT2D eigenvalue weighted by molar-refractivity contribution is -0.175. The summed E-state index contributed by atoms with van der Waals surface area (Å²) in [4.78, 5) is 49.2. The molecule has 0 amide bonds. The third-order valence-electron chi connectivity index (χ3n) is 14.0. The fourth-order valence-electron chi connectivity index (χ4n) is 11.1. The van der Waals surface area contributed by atoms with Crippen molar-refractivity contribution in [3.8, 4) is 0 Å². The minimum atomic E-state index is -1.55. The molecule has 0 aromatic heterocycles. The molecule has 10 heteroatoms. The molecule has 2 N–H and O–H groups in total. The summed E-state index contributed by atoms with van der Waals surface area (Å²) in [7, 11) is 2.51. The Balaban J connectivity index is 1.58. The van der Waals surface area contributed by atoms with Gasteiger partial charge in [0.15, 0.2) is 0 Å². The standard InChI is InChI=1S/C41H64O10/c1-25(2)12-11-13-26(24-50-34(44)21-33(43)48-9)29-20-31(42)41(8)28-14-15-30-37(3,4)32(51-36(46)23-38(5,47)22-35(45)49-10)17-18-39(30,6)27(28)16-19-40(29,41)7/h12,26,29-32,42,47H,11,13-24H2,1-10H3/t26-,29+,30-,31-,32+,38-,39+,40+,41+/m0/s1. The van der Waals surface area contributed by atoms with E-state index in [0.29, 0.717) is 12.8 Å². The highest BCUT2D eigenvalue weighted by Gasteiger charge is 2.67. The molecule has 0 spiro atoms. The molecule has 0 aliphatic heterocycles. The minimum Gasteiger partial charge on any atom is -0.469 e. The van der Waals surface area contributed by atoms with Crippen LogP contribution in [0.5, 0.6) is 0 Å². The van der Waals surface area contributed by atoms with Gasteiger partial charge in [-0.05, 0) is 107 Å². The number of aliphatic hydroxyl groups excluding tert-OH is 1. The van der Waals surface area contributed by atoms with Crippen molar-refractivity contribution in [3.05, 3.63) is 22.8 Å². The summed E-state index contributed by atoms with van der Waals surface area (Å²) >= 11 is 0. The summed E-state index contributed by atoms with van der Waals surface area (Å²) in [5, 5.41) is 22.8. The van der Waals surface area contributed by atoms with Gasteiger partial charge in [-0.15, -0.1) is 0 Å². The summed E-state index contributed by atoms with van der Waals surface area (Å²) in [5.41, 5.74) is 1.41. The molecule has 4 aliphatic rings. The second-order valence-corrected chi connectivity index (χ2v) is 17.8. The van der Waals surface area contributed by atoms with E-state index in [9.17, 15) is 29.4 Å². The number of hydrogen-bond acceptors (Lipinski definition) is 10. The summed E-state index contributed by atoms with van der Waals surface area (Å²) in [6.07, 6.45) is 7.79. The van der Waals surface area contributed by atoms with E-state index in [-0.39, 0.29) is 59.6 Å². The molecule has 0 heterocycles. The fourth-order valence-corrected chi connectivity index (χ4v) is 11.1. The molecule has 0 radical (unpaired) electrons. The quantitative estimate of drug-likeness (QED) is 0.0904. The number of allylic oxidation sites excluding steroid dienone is 3. The van der Waals surface area contributed by atoms with Crippen LogP contribution in [0.1, 0.15) is 132 Å². The molecule has 9 atom stereocenters. The zero-order valence-electron chi connectivity index (χ0n) is 32.8. The zero-order chi connectivity index (χ0) is 38.2. The van der Waals surface area contributed by atoms with E-state index in [1.54, 1.807) is 0 Å². The van der Waals surface area contributed by atoms with Crippen molar-refractivity contribution in [1.29, 1.82) is 0 Å². The number of carbonyl (C=O) groups excluding carboxylic acids is 4. The predicted molar refractivity (Wildman–Crippen MR) is 192 cm³/mol. The van der Waals surface area contributed by atoms with Gasteiger partial charge < -0.3 is 29.2 Å². The van der Waals surface area contributed by atoms with Crippen LogP contribution in [0.15, 0.2) is 22.8 Å². The van der Waals surface area contributed by atoms with Gasteiger partial charge >= 0.3 is 23.9 Å². The van der Waals surface area contributed by atoms with Crippen molar-refractivity contribution in [2.75, 3.05) is 20.8 Å². The Morgan fingerprint density at radius 2 is 1.55 bits per heavy atom. The average molecular weight is 717 g/mol. The monoisotopic (exact) mass is 716 g/mol. The molecule has 0 aromatic rings. The Bertz CT molecular complexity index is 1400. The van der Waals surface area contributed by atoms with Gasteiger partial charge in [0.1, 0.15) is 12.5 Å². The Labute approximate surface area is 305 Å². The number of ether oxygens (including phenoxy) is 4. The topological polar surface area (TPSA) is 146 Å². The van der Waals surface area contributed by atoms with Crippen LogP contribution in [0.2, 0.25) is 0 Å². The SMILES string of the molecule is COC(=O)CC(=O)OC[C@H](CCC=C(C)C)[C@H]1C[C@H](O)[C@@]2(C)C3=C(CC[C@]12C)[C@@]1(C)CC[C@@H](OC(=O)C[C@@](C)(O)CC(=O)OC)C(C)(C)[C@@H]1CC3. The van der Waals surface area contributed by atoms with E-state index in [2.05, 4.69) is 64.0 Å². The lowest BCUT2D eigenvalue weighted by Crippen LogP contribution is -2.57. The number of methoxy groups -OCH3 is 2. The summed E-state index contributed by atoms with van der Waals surface area (Å²) in [6.45, 7) is 17.2. The lowest BCUT2D eigenvalue weighted by atomic mass is 9.43. The van der Waals surface area contributed by atoms with Crippen molar-refractivity contribution in [1.82, 2.24) is 0 Å². The smallest absolute Gasteiger partial charge is 0.317 e. The second-order valence-electron chi connectivity index (χ2n) is 17.8. The number of carbonyl (C=O) groups is 4. The molecule has 0 saturated heterocycles. The normalized spacial score (nSPS) is 34.1.